The summed E-state index contributed by atoms with van der Waals surface area (Å²) >= 11 is 0. The highest BCUT2D eigenvalue weighted by Crippen LogP contribution is 2.29. The number of aryl methyl sites for hydroxylation is 1. The summed E-state index contributed by atoms with van der Waals surface area (Å²) in [5, 5.41) is 5.97. The highest BCUT2D eigenvalue weighted by atomic mass is 19.4. The van der Waals surface area contributed by atoms with Crippen LogP contribution in [0, 0.1) is 0 Å². The van der Waals surface area contributed by atoms with E-state index in [1.54, 1.807) is 18.2 Å². The number of alkyl halides is 3. The number of amides is 1. The molecule has 3 rings (SSSR count). The Kier molecular flexibility index (Phi) is 9.00. The van der Waals surface area contributed by atoms with Crippen LogP contribution in [-0.2, 0) is 23.9 Å². The molecule has 0 heterocycles. The van der Waals surface area contributed by atoms with Gasteiger partial charge in [0.25, 0.3) is 0 Å². The molecule has 186 valence electrons. The van der Waals surface area contributed by atoms with Crippen molar-refractivity contribution in [2.24, 2.45) is 0 Å². The topological polar surface area (TPSA) is 93.2 Å². The Morgan fingerprint density at radius 2 is 1.46 bits per heavy atom. The van der Waals surface area contributed by atoms with Crippen LogP contribution in [0.5, 0.6) is 0 Å². The molecule has 6 N–H and O–H groups in total. The van der Waals surface area contributed by atoms with Crippen LogP contribution in [0.25, 0.3) is 0 Å². The standard InChI is InChI=1S/C27H31F3N4O/c28-27(29,30)21-11-7-20(8-12-21)18-33-23-15-16-25(24(32)17-23)34-26(35)6-4-2-1-3-5-19-9-13-22(31)14-10-19/h7-17,33H,1-6,18,31-32H2,(H,34,35). The molecule has 0 aromatic heterocycles. The summed E-state index contributed by atoms with van der Waals surface area (Å²) in [6.45, 7) is 0.349. The van der Waals surface area contributed by atoms with Gasteiger partial charge in [0.2, 0.25) is 5.91 Å². The molecule has 35 heavy (non-hydrogen) atoms. The molecule has 0 saturated carbocycles. The van der Waals surface area contributed by atoms with E-state index in [2.05, 4.69) is 10.6 Å². The Morgan fingerprint density at radius 3 is 2.11 bits per heavy atom. The lowest BCUT2D eigenvalue weighted by atomic mass is 10.1. The lowest BCUT2D eigenvalue weighted by Gasteiger charge is -2.12. The fraction of sp³-hybridized carbons (Fsp3) is 0.296. The molecule has 0 saturated heterocycles. The molecule has 0 radical (unpaired) electrons. The highest BCUT2D eigenvalue weighted by molar-refractivity contribution is 5.94. The molecular weight excluding hydrogens is 453 g/mol. The van der Waals surface area contributed by atoms with Crippen LogP contribution in [0.1, 0.15) is 48.8 Å². The zero-order chi connectivity index (χ0) is 25.3. The molecular formula is C27H31F3N4O. The van der Waals surface area contributed by atoms with Crippen LogP contribution in [0.3, 0.4) is 0 Å². The fourth-order valence-corrected chi connectivity index (χ4v) is 3.67. The molecule has 0 aliphatic heterocycles. The summed E-state index contributed by atoms with van der Waals surface area (Å²) in [6, 6.07) is 18.1. The number of halogens is 3. The first kappa shape index (κ1) is 25.9. The van der Waals surface area contributed by atoms with E-state index in [4.69, 9.17) is 11.5 Å². The number of nitrogens with one attached hydrogen (secondary N) is 2. The van der Waals surface area contributed by atoms with Gasteiger partial charge in [-0.1, -0.05) is 37.1 Å². The van der Waals surface area contributed by atoms with Gasteiger partial charge < -0.3 is 22.1 Å². The maximum Gasteiger partial charge on any atom is 0.416 e. The van der Waals surface area contributed by atoms with Crippen molar-refractivity contribution in [3.63, 3.8) is 0 Å². The predicted octanol–water partition coefficient (Wildman–Crippen LogP) is 6.61. The van der Waals surface area contributed by atoms with E-state index >= 15 is 0 Å². The van der Waals surface area contributed by atoms with E-state index in [1.165, 1.54) is 17.7 Å². The first-order valence-electron chi connectivity index (χ1n) is 11.6. The fourth-order valence-electron chi connectivity index (χ4n) is 3.67. The van der Waals surface area contributed by atoms with Crippen LogP contribution in [0.4, 0.5) is 35.9 Å². The van der Waals surface area contributed by atoms with Crippen molar-refractivity contribution in [1.29, 1.82) is 0 Å². The van der Waals surface area contributed by atoms with Gasteiger partial charge in [-0.25, -0.2) is 0 Å². The van der Waals surface area contributed by atoms with Gasteiger partial charge in [0.05, 0.1) is 16.9 Å². The predicted molar refractivity (Wildman–Crippen MR) is 136 cm³/mol. The molecule has 3 aromatic carbocycles. The largest absolute Gasteiger partial charge is 0.416 e. The summed E-state index contributed by atoms with van der Waals surface area (Å²) in [5.74, 6) is -0.0827. The van der Waals surface area contributed by atoms with E-state index in [9.17, 15) is 18.0 Å². The molecule has 0 fully saturated rings. The molecule has 0 aliphatic rings. The second-order valence-corrected chi connectivity index (χ2v) is 8.55. The SMILES string of the molecule is Nc1ccc(CCCCCCC(=O)Nc2ccc(NCc3ccc(C(F)(F)F)cc3)cc2N)cc1. The first-order valence-corrected chi connectivity index (χ1v) is 11.6. The Hall–Kier alpha value is -3.68. The number of carbonyl (C=O) groups excluding carboxylic acids is 1. The smallest absolute Gasteiger partial charge is 0.399 e. The van der Waals surface area contributed by atoms with Gasteiger partial charge in [-0.3, -0.25) is 4.79 Å². The van der Waals surface area contributed by atoms with Crippen LogP contribution in [0.2, 0.25) is 0 Å². The zero-order valence-electron chi connectivity index (χ0n) is 19.5. The summed E-state index contributed by atoms with van der Waals surface area (Å²) < 4.78 is 38.0. The molecule has 5 nitrogen and oxygen atoms in total. The second-order valence-electron chi connectivity index (χ2n) is 8.55. The third-order valence-corrected chi connectivity index (χ3v) is 5.70. The van der Waals surface area contributed by atoms with Crippen LogP contribution < -0.4 is 22.1 Å². The molecule has 0 unspecified atom stereocenters. The van der Waals surface area contributed by atoms with Gasteiger partial charge in [-0.05, 0) is 72.9 Å². The van der Waals surface area contributed by atoms with Gasteiger partial charge in [0.15, 0.2) is 0 Å². The van der Waals surface area contributed by atoms with Crippen LogP contribution in [0.15, 0.2) is 66.7 Å². The number of rotatable bonds is 11. The van der Waals surface area contributed by atoms with Crippen molar-refractivity contribution in [3.05, 3.63) is 83.4 Å². The Morgan fingerprint density at radius 1 is 0.800 bits per heavy atom. The van der Waals surface area contributed by atoms with Crippen molar-refractivity contribution < 1.29 is 18.0 Å². The highest BCUT2D eigenvalue weighted by Gasteiger charge is 2.29. The number of hydrogen-bond donors (Lipinski definition) is 4. The van der Waals surface area contributed by atoms with Gasteiger partial charge in [-0.15, -0.1) is 0 Å². The number of anilines is 4. The van der Waals surface area contributed by atoms with E-state index in [0.29, 0.717) is 35.6 Å². The average Bonchev–Trinajstić information content (AvgIpc) is 2.82. The van der Waals surface area contributed by atoms with Gasteiger partial charge >= 0.3 is 6.18 Å². The zero-order valence-corrected chi connectivity index (χ0v) is 19.5. The van der Waals surface area contributed by atoms with Crippen molar-refractivity contribution in [1.82, 2.24) is 0 Å². The number of benzene rings is 3. The maximum atomic E-state index is 12.7. The van der Waals surface area contributed by atoms with Crippen molar-refractivity contribution in [3.8, 4) is 0 Å². The Balaban J connectivity index is 1.36. The van der Waals surface area contributed by atoms with Gasteiger partial charge in [0, 0.05) is 24.3 Å². The normalized spacial score (nSPS) is 11.3. The number of nitrogens with two attached hydrogens (primary N) is 2. The second kappa shape index (κ2) is 12.1. The molecule has 1 amide bonds. The monoisotopic (exact) mass is 484 g/mol. The molecule has 0 bridgehead atoms. The average molecular weight is 485 g/mol. The lowest BCUT2D eigenvalue weighted by molar-refractivity contribution is -0.137. The minimum absolute atomic E-state index is 0.0827. The Labute approximate surface area is 203 Å². The summed E-state index contributed by atoms with van der Waals surface area (Å²) in [7, 11) is 0. The van der Waals surface area contributed by atoms with Crippen molar-refractivity contribution in [2.75, 3.05) is 22.1 Å². The minimum Gasteiger partial charge on any atom is -0.399 e. The molecule has 3 aromatic rings. The quantitative estimate of drug-likeness (QED) is 0.182. The number of carbonyl (C=O) groups is 1. The number of nitrogen functional groups attached to an aromatic ring is 2. The molecule has 0 spiro atoms. The third-order valence-electron chi connectivity index (χ3n) is 5.70. The number of unbranched alkanes of at least 4 members (excludes halogenated alkanes) is 3. The van der Waals surface area contributed by atoms with Crippen molar-refractivity contribution in [2.45, 2.75) is 51.2 Å². The maximum absolute atomic E-state index is 12.7. The number of hydrogen-bond acceptors (Lipinski definition) is 4. The van der Waals surface area contributed by atoms with E-state index in [0.717, 1.165) is 49.9 Å². The van der Waals surface area contributed by atoms with Crippen LogP contribution in [-0.4, -0.2) is 5.91 Å². The van der Waals surface area contributed by atoms with Gasteiger partial charge in [0.1, 0.15) is 0 Å². The molecule has 0 atom stereocenters. The first-order chi connectivity index (χ1) is 16.7. The van der Waals surface area contributed by atoms with E-state index in [1.807, 2.05) is 24.3 Å². The van der Waals surface area contributed by atoms with Gasteiger partial charge in [-0.2, -0.15) is 13.2 Å². The van der Waals surface area contributed by atoms with Crippen LogP contribution >= 0.6 is 0 Å². The van der Waals surface area contributed by atoms with E-state index < -0.39 is 11.7 Å². The molecule has 0 aliphatic carbocycles. The van der Waals surface area contributed by atoms with Crippen molar-refractivity contribution >= 4 is 28.7 Å². The summed E-state index contributed by atoms with van der Waals surface area (Å²) in [4.78, 5) is 12.3. The Bertz CT molecular complexity index is 1100. The lowest BCUT2D eigenvalue weighted by Crippen LogP contribution is -2.12. The minimum atomic E-state index is -4.35. The molecule has 8 heteroatoms. The van der Waals surface area contributed by atoms with E-state index in [-0.39, 0.29) is 5.91 Å². The summed E-state index contributed by atoms with van der Waals surface area (Å²) in [6.07, 6.45) is 0.986. The summed E-state index contributed by atoms with van der Waals surface area (Å²) in [5.41, 5.74) is 15.5. The third kappa shape index (κ3) is 8.55.